The molecule has 0 saturated carbocycles. The van der Waals surface area contributed by atoms with Crippen molar-refractivity contribution in [1.29, 1.82) is 0 Å². The number of nitrogens with zero attached hydrogens (tertiary/aromatic N) is 1. The van der Waals surface area contributed by atoms with Crippen molar-refractivity contribution in [3.05, 3.63) is 54.2 Å². The Morgan fingerprint density at radius 3 is 2.29 bits per heavy atom. The smallest absolute Gasteiger partial charge is 0.326 e. The highest BCUT2D eigenvalue weighted by atomic mass is 16.4. The number of carboxylic acid groups (broad SMARTS) is 1. The van der Waals surface area contributed by atoms with E-state index in [1.165, 1.54) is 12.5 Å². The van der Waals surface area contributed by atoms with Crippen LogP contribution in [0.4, 0.5) is 0 Å². The average Bonchev–Trinajstić information content (AvgIpc) is 3.59. The number of hydrogen-bond acceptors (Lipinski definition) is 7. The Bertz CT molecular complexity index is 1370. The van der Waals surface area contributed by atoms with Gasteiger partial charge < -0.3 is 42.5 Å². The highest BCUT2D eigenvalue weighted by Gasteiger charge is 2.33. The average molecular weight is 569 g/mol. The largest absolute Gasteiger partial charge is 0.480 e. The summed E-state index contributed by atoms with van der Waals surface area (Å²) in [6.45, 7) is 3.42. The summed E-state index contributed by atoms with van der Waals surface area (Å²) in [5.41, 5.74) is 13.6. The van der Waals surface area contributed by atoms with E-state index in [0.29, 0.717) is 17.7 Å². The molecule has 3 aromatic rings. The molecule has 5 unspecified atom stereocenters. The fraction of sp³-hybridized carbons (Fsp3) is 0.407. The zero-order chi connectivity index (χ0) is 30.1. The van der Waals surface area contributed by atoms with Gasteiger partial charge in [0, 0.05) is 41.8 Å². The van der Waals surface area contributed by atoms with E-state index in [1.807, 2.05) is 24.3 Å². The summed E-state index contributed by atoms with van der Waals surface area (Å²) < 4.78 is 0. The van der Waals surface area contributed by atoms with Gasteiger partial charge >= 0.3 is 5.97 Å². The van der Waals surface area contributed by atoms with E-state index in [9.17, 15) is 29.1 Å². The molecule has 3 rings (SSSR count). The molecule has 14 heteroatoms. The van der Waals surface area contributed by atoms with Crippen LogP contribution in [0, 0.1) is 5.92 Å². The monoisotopic (exact) mass is 568 g/mol. The van der Waals surface area contributed by atoms with Crippen LogP contribution < -0.4 is 27.4 Å². The molecule has 0 aliphatic carbocycles. The summed E-state index contributed by atoms with van der Waals surface area (Å²) in [6.07, 6.45) is 4.71. The van der Waals surface area contributed by atoms with Gasteiger partial charge in [-0.2, -0.15) is 0 Å². The number of hydrogen-bond donors (Lipinski definition) is 8. The van der Waals surface area contributed by atoms with Crippen LogP contribution in [0.5, 0.6) is 0 Å². The minimum atomic E-state index is -1.48. The Balaban J connectivity index is 1.84. The number of benzene rings is 1. The lowest BCUT2D eigenvalue weighted by Gasteiger charge is -2.26. The van der Waals surface area contributed by atoms with Crippen molar-refractivity contribution >= 4 is 40.5 Å². The number of carbonyl (C=O) groups is 5. The number of aromatic amines is 2. The topological polar surface area (TPSA) is 238 Å². The number of rotatable bonds is 15. The first kappa shape index (κ1) is 30.8. The van der Waals surface area contributed by atoms with Crippen molar-refractivity contribution < 1.29 is 29.1 Å². The van der Waals surface area contributed by atoms with Crippen LogP contribution in [0.15, 0.2) is 43.0 Å². The first-order valence-corrected chi connectivity index (χ1v) is 13.2. The van der Waals surface area contributed by atoms with E-state index < -0.39 is 66.1 Å². The van der Waals surface area contributed by atoms with E-state index >= 15 is 0 Å². The predicted octanol–water partition coefficient (Wildman–Crippen LogP) is -0.536. The second-order valence-corrected chi connectivity index (χ2v) is 9.95. The van der Waals surface area contributed by atoms with Crippen molar-refractivity contribution in [2.24, 2.45) is 17.4 Å². The number of aromatic nitrogens is 3. The third-order valence-electron chi connectivity index (χ3n) is 6.88. The van der Waals surface area contributed by atoms with Crippen molar-refractivity contribution in [3.63, 3.8) is 0 Å². The van der Waals surface area contributed by atoms with E-state index in [-0.39, 0.29) is 12.8 Å². The predicted molar refractivity (Wildman–Crippen MR) is 149 cm³/mol. The molecule has 2 heterocycles. The number of aliphatic carboxylic acids is 1. The highest BCUT2D eigenvalue weighted by molar-refractivity contribution is 5.96. The fourth-order valence-corrected chi connectivity index (χ4v) is 4.35. The summed E-state index contributed by atoms with van der Waals surface area (Å²) >= 11 is 0. The van der Waals surface area contributed by atoms with E-state index in [4.69, 9.17) is 11.5 Å². The molecule has 220 valence electrons. The number of amides is 4. The summed E-state index contributed by atoms with van der Waals surface area (Å²) in [6, 6.07) is 2.43. The minimum absolute atomic E-state index is 0.0217. The second kappa shape index (κ2) is 14.1. The number of para-hydroxylation sites is 1. The maximum Gasteiger partial charge on any atom is 0.326 e. The van der Waals surface area contributed by atoms with Gasteiger partial charge in [0.2, 0.25) is 23.6 Å². The Hall–Kier alpha value is -4.72. The zero-order valence-electron chi connectivity index (χ0n) is 22.8. The first-order chi connectivity index (χ1) is 19.5. The van der Waals surface area contributed by atoms with Gasteiger partial charge in [0.25, 0.3) is 0 Å². The molecule has 0 fully saturated rings. The molecule has 4 amide bonds. The van der Waals surface area contributed by atoms with E-state index in [2.05, 4.69) is 30.9 Å². The number of imidazole rings is 1. The maximum absolute atomic E-state index is 13.5. The third-order valence-corrected chi connectivity index (χ3v) is 6.88. The SMILES string of the molecule is CCC(C)C(NC(=O)C(CC(N)=O)NC(=O)C(Cc1c[nH]c2ccccc12)NC(=O)C(N)Cc1cnc[nH]1)C(=O)O. The molecule has 0 spiro atoms. The van der Waals surface area contributed by atoms with Gasteiger partial charge in [-0.3, -0.25) is 19.2 Å². The summed E-state index contributed by atoms with van der Waals surface area (Å²) in [5.74, 6) is -4.87. The number of carboxylic acids is 1. The molecular weight excluding hydrogens is 532 g/mol. The Kier molecular flexibility index (Phi) is 10.6. The van der Waals surface area contributed by atoms with Crippen LogP contribution >= 0.6 is 0 Å². The van der Waals surface area contributed by atoms with Crippen molar-refractivity contribution in [2.75, 3.05) is 0 Å². The number of carbonyl (C=O) groups excluding carboxylic acids is 4. The third kappa shape index (κ3) is 8.38. The molecule has 41 heavy (non-hydrogen) atoms. The van der Waals surface area contributed by atoms with Gasteiger partial charge in [-0.1, -0.05) is 38.5 Å². The highest BCUT2D eigenvalue weighted by Crippen LogP contribution is 2.19. The standard InChI is InChI=1S/C27H36N8O6/c1-3-14(2)23(27(40)41)35-26(39)21(10-22(29)36)34-25(38)20(8-15-11-31-19-7-5-4-6-17(15)19)33-24(37)18(28)9-16-12-30-13-32-16/h4-7,11-14,18,20-21,23,31H,3,8-10,28H2,1-2H3,(H2,29,36)(H,30,32)(H,33,37)(H,34,38)(H,35,39)(H,40,41). The van der Waals surface area contributed by atoms with E-state index in [1.54, 1.807) is 20.0 Å². The number of primary amides is 1. The summed E-state index contributed by atoms with van der Waals surface area (Å²) in [4.78, 5) is 73.0. The summed E-state index contributed by atoms with van der Waals surface area (Å²) in [5, 5.41) is 17.9. The molecule has 5 atom stereocenters. The second-order valence-electron chi connectivity index (χ2n) is 9.95. The molecule has 0 aliphatic heterocycles. The van der Waals surface area contributed by atoms with Gasteiger partial charge in [-0.25, -0.2) is 9.78 Å². The molecule has 0 aliphatic rings. The zero-order valence-corrected chi connectivity index (χ0v) is 22.8. The molecule has 10 N–H and O–H groups in total. The van der Waals surface area contributed by atoms with Crippen LogP contribution in [0.25, 0.3) is 10.9 Å². The number of nitrogens with two attached hydrogens (primary N) is 2. The van der Waals surface area contributed by atoms with Crippen LogP contribution in [-0.4, -0.2) is 73.8 Å². The minimum Gasteiger partial charge on any atom is -0.480 e. The molecule has 0 radical (unpaired) electrons. The first-order valence-electron chi connectivity index (χ1n) is 13.2. The Labute approximate surface area is 236 Å². The van der Waals surface area contributed by atoms with Crippen molar-refractivity contribution in [2.45, 2.75) is 63.7 Å². The maximum atomic E-state index is 13.5. The lowest BCUT2D eigenvalue weighted by atomic mass is 9.98. The van der Waals surface area contributed by atoms with Gasteiger partial charge in [0.05, 0.1) is 18.8 Å². The van der Waals surface area contributed by atoms with Crippen LogP contribution in [-0.2, 0) is 36.8 Å². The van der Waals surface area contributed by atoms with Gasteiger partial charge in [-0.15, -0.1) is 0 Å². The van der Waals surface area contributed by atoms with Crippen LogP contribution in [0.2, 0.25) is 0 Å². The Morgan fingerprint density at radius 1 is 0.976 bits per heavy atom. The molecule has 2 aromatic heterocycles. The normalized spacial score (nSPS) is 14.8. The van der Waals surface area contributed by atoms with Crippen LogP contribution in [0.3, 0.4) is 0 Å². The van der Waals surface area contributed by atoms with Gasteiger partial charge in [0.15, 0.2) is 0 Å². The van der Waals surface area contributed by atoms with Gasteiger partial charge in [0.1, 0.15) is 18.1 Å². The molecule has 0 saturated heterocycles. The number of fused-ring (bicyclic) bond motifs is 1. The van der Waals surface area contributed by atoms with Crippen LogP contribution in [0.1, 0.15) is 37.9 Å². The fourth-order valence-electron chi connectivity index (χ4n) is 4.35. The van der Waals surface area contributed by atoms with E-state index in [0.717, 1.165) is 10.9 Å². The Morgan fingerprint density at radius 2 is 1.66 bits per heavy atom. The number of H-pyrrole nitrogens is 2. The van der Waals surface area contributed by atoms with Crippen molar-refractivity contribution in [1.82, 2.24) is 30.9 Å². The van der Waals surface area contributed by atoms with Crippen molar-refractivity contribution in [3.8, 4) is 0 Å². The molecule has 1 aromatic carbocycles. The van der Waals surface area contributed by atoms with Gasteiger partial charge in [-0.05, 0) is 17.5 Å². The number of nitrogens with one attached hydrogen (secondary N) is 5. The quantitative estimate of drug-likeness (QED) is 0.118. The lowest BCUT2D eigenvalue weighted by Crippen LogP contribution is -2.59. The summed E-state index contributed by atoms with van der Waals surface area (Å²) in [7, 11) is 0. The molecule has 14 nitrogen and oxygen atoms in total. The lowest BCUT2D eigenvalue weighted by molar-refractivity contribution is -0.144. The molecular formula is C27H36N8O6. The molecule has 0 bridgehead atoms.